The monoisotopic (exact) mass is 763 g/mol. The minimum Gasteiger partial charge on any atom is -0.390 e. The van der Waals surface area contributed by atoms with Gasteiger partial charge in [0, 0.05) is 37.5 Å². The van der Waals surface area contributed by atoms with Gasteiger partial charge >= 0.3 is 0 Å². The minimum absolute atomic E-state index is 0.116. The highest BCUT2D eigenvalue weighted by Gasteiger charge is 2.58. The van der Waals surface area contributed by atoms with Crippen LogP contribution >= 0.6 is 0 Å². The van der Waals surface area contributed by atoms with Crippen molar-refractivity contribution in [2.45, 2.75) is 198 Å². The lowest BCUT2D eigenvalue weighted by molar-refractivity contribution is -0.319. The first-order chi connectivity index (χ1) is 24.5. The summed E-state index contributed by atoms with van der Waals surface area (Å²) in [6.45, 7) is 19.5. The van der Waals surface area contributed by atoms with E-state index in [9.17, 15) is 29.6 Å². The van der Waals surface area contributed by atoms with E-state index in [1.165, 1.54) is 14.0 Å². The van der Waals surface area contributed by atoms with E-state index in [0.29, 0.717) is 12.8 Å². The Hall–Kier alpha value is -1.04. The van der Waals surface area contributed by atoms with Crippen molar-refractivity contribution in [3.63, 3.8) is 0 Å². The summed E-state index contributed by atoms with van der Waals surface area (Å²) < 4.78 is 53.0. The molecule has 13 nitrogen and oxygen atoms in total. The zero-order valence-electron chi connectivity index (χ0n) is 34.3. The molecule has 1 unspecified atom stereocenters. The number of amides is 1. The van der Waals surface area contributed by atoms with Gasteiger partial charge in [-0.25, -0.2) is 0 Å². The topological polar surface area (TPSA) is 169 Å². The first kappa shape index (κ1) is 44.7. The van der Waals surface area contributed by atoms with Gasteiger partial charge in [0.2, 0.25) is 5.91 Å². The molecule has 4 fully saturated rings. The average molecular weight is 763 g/mol. The van der Waals surface area contributed by atoms with E-state index in [1.54, 1.807) is 27.7 Å². The summed E-state index contributed by atoms with van der Waals surface area (Å²) in [5.74, 6) is -2.82. The normalized spacial score (nSPS) is 50.4. The van der Waals surface area contributed by atoms with Gasteiger partial charge in [-0.1, -0.05) is 27.7 Å². The molecule has 0 saturated carbocycles. The Morgan fingerprint density at radius 2 is 1.62 bits per heavy atom. The highest BCUT2D eigenvalue weighted by atomic mass is 19.1. The maximum absolute atomic E-state index is 14.3. The Morgan fingerprint density at radius 3 is 2.21 bits per heavy atom. The van der Waals surface area contributed by atoms with Crippen LogP contribution < -0.4 is 5.32 Å². The van der Waals surface area contributed by atoms with Crippen LogP contribution in [0, 0.1) is 23.7 Å². The smallest absolute Gasteiger partial charge is 0.225 e. The second-order valence-electron chi connectivity index (χ2n) is 17.8. The van der Waals surface area contributed by atoms with Crippen LogP contribution in [0.3, 0.4) is 0 Å². The number of alkyl halides is 1. The number of ether oxygens (including phenoxy) is 6. The number of hydrogen-bond acceptors (Lipinski definition) is 12. The Kier molecular flexibility index (Phi) is 14.5. The number of methoxy groups -OCH3 is 1. The number of fused-ring (bicyclic) bond motifs is 2. The van der Waals surface area contributed by atoms with Crippen molar-refractivity contribution in [1.29, 1.82) is 0 Å². The summed E-state index contributed by atoms with van der Waals surface area (Å²) in [4.78, 5) is 16.4. The van der Waals surface area contributed by atoms with Crippen molar-refractivity contribution in [1.82, 2.24) is 10.2 Å². The van der Waals surface area contributed by atoms with Gasteiger partial charge in [-0.05, 0) is 80.7 Å². The molecule has 310 valence electrons. The number of likely N-dealkylation sites (N-methyl/N-ethyl adjacent to an activating group) is 1. The maximum atomic E-state index is 14.3. The number of carbonyl (C=O) groups excluding carboxylic acids is 1. The molecule has 14 heteroatoms. The standard InChI is InChI=1S/C39H71FN2O11/c1-19(2)42(12)26-16-21(4)49-36(29(26)43)52-34-23(6)31(51-28-18-37(9,48-13)33(45)25(8)50-28)24(7)35(46)41-27(14-15-40)39(11,47)32(44)22(5)30-20(3)17-38(34,10)53-30/h19-34,36,43-45,47H,14-18H2,1-13H3,(H,41,46)/t20-,21-,22-,23+,24-,25+,26+,27+,28+,29-,30-,31+,32-,33?,34-,36+,37-,38-,39-/m1/s1. The largest absolute Gasteiger partial charge is 0.390 e. The molecule has 0 radical (unpaired) electrons. The first-order valence-corrected chi connectivity index (χ1v) is 19.7. The van der Waals surface area contributed by atoms with Gasteiger partial charge in [0.25, 0.3) is 0 Å². The summed E-state index contributed by atoms with van der Waals surface area (Å²) in [6.07, 6.45) is -7.52. The van der Waals surface area contributed by atoms with Crippen molar-refractivity contribution in [2.75, 3.05) is 20.8 Å². The Balaban J connectivity index is 1.85. The average Bonchev–Trinajstić information content (AvgIpc) is 3.41. The van der Waals surface area contributed by atoms with Crippen LogP contribution in [0.25, 0.3) is 0 Å². The number of nitrogens with one attached hydrogen (secondary N) is 1. The fourth-order valence-electron chi connectivity index (χ4n) is 9.57. The third-order valence-corrected chi connectivity index (χ3v) is 13.2. The number of rotatable bonds is 9. The molecule has 0 aromatic carbocycles. The number of hydrogen-bond donors (Lipinski definition) is 5. The summed E-state index contributed by atoms with van der Waals surface area (Å²) in [7, 11) is 3.49. The first-order valence-electron chi connectivity index (χ1n) is 19.7. The molecule has 4 saturated heterocycles. The SMILES string of the molecule is CO[C@]1(C)C[C@H](O[C@H]2[C@H](C)[C@@H](O[C@@H]3O[C@H](C)C[C@H](N(C)C(C)C)[C@H]3O)[C@@]3(C)C[C@@H](C)[C@@H](O3)[C@@H](C)[C@@H](O)[C@](C)(O)[C@H](CCF)NC(=O)[C@@H]2C)O[C@@H](C)C1O. The molecule has 4 aliphatic heterocycles. The van der Waals surface area contributed by atoms with E-state index in [0.717, 1.165) is 0 Å². The Bertz CT molecular complexity index is 1220. The number of aliphatic hydroxyl groups excluding tert-OH is 3. The van der Waals surface area contributed by atoms with Crippen molar-refractivity contribution >= 4 is 5.91 Å². The molecule has 4 aliphatic rings. The molecule has 4 rings (SSSR count). The molecule has 0 aliphatic carbocycles. The van der Waals surface area contributed by atoms with Crippen LogP contribution in [0.2, 0.25) is 0 Å². The molecule has 0 aromatic rings. The van der Waals surface area contributed by atoms with Crippen LogP contribution in [0.5, 0.6) is 0 Å². The van der Waals surface area contributed by atoms with Crippen molar-refractivity contribution in [3.05, 3.63) is 0 Å². The van der Waals surface area contributed by atoms with E-state index in [-0.39, 0.29) is 36.9 Å². The molecule has 2 bridgehead atoms. The predicted octanol–water partition coefficient (Wildman–Crippen LogP) is 2.92. The number of aliphatic hydroxyl groups is 4. The number of nitrogens with zero attached hydrogens (tertiary/aromatic N) is 1. The van der Waals surface area contributed by atoms with Gasteiger partial charge < -0.3 is 54.2 Å². The summed E-state index contributed by atoms with van der Waals surface area (Å²) in [5.41, 5.74) is -3.97. The van der Waals surface area contributed by atoms with Crippen LogP contribution in [0.15, 0.2) is 0 Å². The lowest BCUT2D eigenvalue weighted by Gasteiger charge is -2.49. The van der Waals surface area contributed by atoms with Crippen LogP contribution in [0.1, 0.15) is 102 Å². The number of halogens is 1. The van der Waals surface area contributed by atoms with Crippen LogP contribution in [-0.2, 0) is 33.2 Å². The van der Waals surface area contributed by atoms with Gasteiger partial charge in [0.05, 0.1) is 66.5 Å². The molecule has 0 aromatic heterocycles. The third-order valence-electron chi connectivity index (χ3n) is 13.2. The van der Waals surface area contributed by atoms with E-state index in [2.05, 4.69) is 24.1 Å². The lowest BCUT2D eigenvalue weighted by Crippen LogP contribution is -2.62. The van der Waals surface area contributed by atoms with E-state index >= 15 is 0 Å². The summed E-state index contributed by atoms with van der Waals surface area (Å²) >= 11 is 0. The predicted molar refractivity (Wildman–Crippen MR) is 195 cm³/mol. The summed E-state index contributed by atoms with van der Waals surface area (Å²) in [6, 6.07) is -1.23. The van der Waals surface area contributed by atoms with Crippen molar-refractivity contribution in [2.24, 2.45) is 23.7 Å². The molecular formula is C39H71FN2O11. The van der Waals surface area contributed by atoms with Crippen LogP contribution in [0.4, 0.5) is 4.39 Å². The molecule has 4 heterocycles. The molecule has 0 spiro atoms. The van der Waals surface area contributed by atoms with Gasteiger partial charge in [-0.15, -0.1) is 0 Å². The summed E-state index contributed by atoms with van der Waals surface area (Å²) in [5, 5.41) is 49.2. The van der Waals surface area contributed by atoms with Gasteiger partial charge in [0.1, 0.15) is 17.8 Å². The minimum atomic E-state index is -1.92. The van der Waals surface area contributed by atoms with E-state index < -0.39 is 108 Å². The second-order valence-corrected chi connectivity index (χ2v) is 17.8. The maximum Gasteiger partial charge on any atom is 0.225 e. The van der Waals surface area contributed by atoms with Gasteiger partial charge in [-0.2, -0.15) is 0 Å². The number of carbonyl (C=O) groups is 1. The zero-order valence-corrected chi connectivity index (χ0v) is 34.3. The van der Waals surface area contributed by atoms with E-state index in [1.807, 2.05) is 34.7 Å². The fraction of sp³-hybridized carbons (Fsp3) is 0.974. The highest BCUT2D eigenvalue weighted by molar-refractivity contribution is 5.79. The quantitative estimate of drug-likeness (QED) is 0.234. The Labute approximate surface area is 316 Å². The molecule has 19 atom stereocenters. The lowest BCUT2D eigenvalue weighted by atomic mass is 9.75. The van der Waals surface area contributed by atoms with Crippen molar-refractivity contribution < 1.29 is 58.0 Å². The molecule has 5 N–H and O–H groups in total. The fourth-order valence-corrected chi connectivity index (χ4v) is 9.57. The zero-order chi connectivity index (χ0) is 40.0. The molecule has 53 heavy (non-hydrogen) atoms. The Morgan fingerprint density at radius 1 is 0.981 bits per heavy atom. The molecule has 1 amide bonds. The van der Waals surface area contributed by atoms with E-state index in [4.69, 9.17) is 28.4 Å². The van der Waals surface area contributed by atoms with Crippen LogP contribution in [-0.4, -0.2) is 148 Å². The molecular weight excluding hydrogens is 691 g/mol. The highest BCUT2D eigenvalue weighted by Crippen LogP contribution is 2.47. The van der Waals surface area contributed by atoms with Gasteiger partial charge in [-0.3, -0.25) is 14.1 Å². The third kappa shape index (κ3) is 9.08. The van der Waals surface area contributed by atoms with Crippen molar-refractivity contribution in [3.8, 4) is 0 Å². The van der Waals surface area contributed by atoms with Gasteiger partial charge in [0.15, 0.2) is 12.6 Å². The second kappa shape index (κ2) is 17.2.